The van der Waals surface area contributed by atoms with E-state index in [1.54, 1.807) is 12.1 Å². The highest BCUT2D eigenvalue weighted by Gasteiger charge is 2.21. The topological polar surface area (TPSA) is 73.1 Å². The third-order valence-electron chi connectivity index (χ3n) is 6.36. The molecular weight excluding hydrogens is 572 g/mol. The van der Waals surface area contributed by atoms with Crippen molar-refractivity contribution in [3.63, 3.8) is 0 Å². The molecule has 7 nitrogen and oxygen atoms in total. The number of anilines is 1. The number of morpholine rings is 1. The van der Waals surface area contributed by atoms with Gasteiger partial charge in [0.25, 0.3) is 5.56 Å². The van der Waals surface area contributed by atoms with Crippen molar-refractivity contribution in [2.45, 2.75) is 17.4 Å². The van der Waals surface area contributed by atoms with Crippen LogP contribution in [0.15, 0.2) is 60.2 Å². The van der Waals surface area contributed by atoms with Crippen LogP contribution >= 0.6 is 22.6 Å². The second kappa shape index (κ2) is 10.4. The van der Waals surface area contributed by atoms with Crippen molar-refractivity contribution in [1.29, 1.82) is 0 Å². The highest BCUT2D eigenvalue weighted by molar-refractivity contribution is 14.1. The lowest BCUT2D eigenvalue weighted by atomic mass is 9.96. The minimum absolute atomic E-state index is 0.155. The van der Waals surface area contributed by atoms with Gasteiger partial charge in [-0.1, -0.05) is 35.2 Å². The Bertz CT molecular complexity index is 1500. The number of nitrogens with zero attached hydrogens (tertiary/aromatic N) is 5. The van der Waals surface area contributed by atoms with E-state index in [0.717, 1.165) is 35.2 Å². The van der Waals surface area contributed by atoms with Crippen LogP contribution in [-0.4, -0.2) is 46.1 Å². The van der Waals surface area contributed by atoms with Crippen molar-refractivity contribution in [2.24, 2.45) is 0 Å². The number of alkyl halides is 1. The van der Waals surface area contributed by atoms with Crippen LogP contribution in [0.1, 0.15) is 27.7 Å². The van der Waals surface area contributed by atoms with Crippen molar-refractivity contribution >= 4 is 45.3 Å². The van der Waals surface area contributed by atoms with Crippen molar-refractivity contribution in [3.8, 4) is 11.3 Å². The van der Waals surface area contributed by atoms with Crippen LogP contribution in [0.3, 0.4) is 0 Å². The van der Waals surface area contributed by atoms with Gasteiger partial charge in [0.05, 0.1) is 34.0 Å². The zero-order chi connectivity index (χ0) is 25.2. The van der Waals surface area contributed by atoms with Crippen molar-refractivity contribution in [2.75, 3.05) is 31.2 Å². The van der Waals surface area contributed by atoms with Gasteiger partial charge in [0.1, 0.15) is 12.1 Å². The molecule has 1 saturated heterocycles. The molecule has 2 aromatic heterocycles. The molecule has 9 heteroatoms. The smallest absolute Gasteiger partial charge is 0.266 e. The molecule has 0 amide bonds. The Labute approximate surface area is 221 Å². The van der Waals surface area contributed by atoms with Gasteiger partial charge in [-0.15, -0.1) is 0 Å². The summed E-state index contributed by atoms with van der Waals surface area (Å²) in [7, 11) is 0. The minimum Gasteiger partial charge on any atom is -0.378 e. The van der Waals surface area contributed by atoms with E-state index in [1.807, 2.05) is 31.2 Å². The molecule has 0 radical (unpaired) electrons. The maximum atomic E-state index is 15.4. The van der Waals surface area contributed by atoms with Crippen LogP contribution in [0.5, 0.6) is 0 Å². The highest BCUT2D eigenvalue weighted by Crippen LogP contribution is 2.38. The predicted octanol–water partition coefficient (Wildman–Crippen LogP) is 5.02. The monoisotopic (exact) mass is 597 g/mol. The van der Waals surface area contributed by atoms with E-state index in [4.69, 9.17) is 4.74 Å². The van der Waals surface area contributed by atoms with Crippen molar-refractivity contribution < 1.29 is 9.13 Å². The van der Waals surface area contributed by atoms with Gasteiger partial charge >= 0.3 is 0 Å². The summed E-state index contributed by atoms with van der Waals surface area (Å²) in [4.78, 5) is 23.2. The number of benzene rings is 2. The third-order valence-corrected chi connectivity index (χ3v) is 7.67. The maximum absolute atomic E-state index is 15.4. The van der Waals surface area contributed by atoms with Gasteiger partial charge in [0.15, 0.2) is 0 Å². The second-order valence-electron chi connectivity index (χ2n) is 8.46. The van der Waals surface area contributed by atoms with Crippen LogP contribution < -0.4 is 10.5 Å². The molecule has 0 bridgehead atoms. The standard InChI is InChI=1S/C27H25FIN5O2/c1-3-17-13-22(28)21(15-20(17)26(29)23-7-8-25(35)34(4-2)32-23)27-19-6-5-18(14-24(19)30-16-31-27)33-9-11-36-12-10-33/h3,5-8,13-16,26H,1,4,9-12H2,2H3. The molecule has 36 heavy (non-hydrogen) atoms. The molecule has 3 heterocycles. The third kappa shape index (κ3) is 4.64. The Balaban J connectivity index is 1.60. The first-order chi connectivity index (χ1) is 17.5. The largest absolute Gasteiger partial charge is 0.378 e. The molecule has 2 aromatic carbocycles. The number of fused-ring (bicyclic) bond motifs is 1. The summed E-state index contributed by atoms with van der Waals surface area (Å²) < 4.78 is 22.1. The fourth-order valence-corrected chi connectivity index (χ4v) is 5.32. The Hall–Kier alpha value is -3.18. The Morgan fingerprint density at radius 2 is 1.97 bits per heavy atom. The fourth-order valence-electron chi connectivity index (χ4n) is 4.45. The minimum atomic E-state index is -0.388. The lowest BCUT2D eigenvalue weighted by Gasteiger charge is -2.29. The summed E-state index contributed by atoms with van der Waals surface area (Å²) in [6.45, 7) is 9.25. The zero-order valence-corrected chi connectivity index (χ0v) is 22.0. The van der Waals surface area contributed by atoms with Gasteiger partial charge < -0.3 is 9.64 Å². The van der Waals surface area contributed by atoms with E-state index in [9.17, 15) is 4.79 Å². The van der Waals surface area contributed by atoms with Gasteiger partial charge in [-0.3, -0.25) is 4.79 Å². The molecule has 5 rings (SSSR count). The quantitative estimate of drug-likeness (QED) is 0.230. The van der Waals surface area contributed by atoms with Gasteiger partial charge in [-0.2, -0.15) is 5.10 Å². The average molecular weight is 597 g/mol. The number of hydrogen-bond acceptors (Lipinski definition) is 6. The van der Waals surface area contributed by atoms with E-state index in [-0.39, 0.29) is 15.3 Å². The Kier molecular flexibility index (Phi) is 7.10. The first-order valence-electron chi connectivity index (χ1n) is 11.8. The lowest BCUT2D eigenvalue weighted by Crippen LogP contribution is -2.36. The summed E-state index contributed by atoms with van der Waals surface area (Å²) >= 11 is 2.27. The second-order valence-corrected chi connectivity index (χ2v) is 9.71. The Morgan fingerprint density at radius 3 is 2.72 bits per heavy atom. The normalized spacial score (nSPS) is 14.7. The van der Waals surface area contributed by atoms with Crippen LogP contribution in [0.2, 0.25) is 0 Å². The maximum Gasteiger partial charge on any atom is 0.266 e. The summed E-state index contributed by atoms with van der Waals surface area (Å²) in [5.74, 6) is -0.388. The molecule has 1 fully saturated rings. The van der Waals surface area contributed by atoms with E-state index >= 15 is 4.39 Å². The number of aryl methyl sites for hydroxylation is 1. The van der Waals surface area contributed by atoms with Crippen LogP contribution in [0, 0.1) is 5.82 Å². The van der Waals surface area contributed by atoms with Gasteiger partial charge in [-0.05, 0) is 54.4 Å². The van der Waals surface area contributed by atoms with Crippen LogP contribution in [0.25, 0.3) is 28.2 Å². The molecule has 0 spiro atoms. The molecule has 1 atom stereocenters. The zero-order valence-electron chi connectivity index (χ0n) is 19.8. The van der Waals surface area contributed by atoms with Gasteiger partial charge in [0.2, 0.25) is 0 Å². The molecule has 0 aliphatic carbocycles. The van der Waals surface area contributed by atoms with E-state index in [1.165, 1.54) is 23.1 Å². The van der Waals surface area contributed by atoms with E-state index in [2.05, 4.69) is 49.1 Å². The number of ether oxygens (including phenoxy) is 1. The molecule has 0 saturated carbocycles. The molecular formula is C27H25FIN5O2. The summed E-state index contributed by atoms with van der Waals surface area (Å²) in [6, 6.07) is 12.5. The van der Waals surface area contributed by atoms with Crippen molar-refractivity contribution in [3.05, 3.63) is 88.4 Å². The average Bonchev–Trinajstić information content (AvgIpc) is 2.92. The van der Waals surface area contributed by atoms with Gasteiger partial charge in [-0.25, -0.2) is 19.0 Å². The number of rotatable bonds is 6. The van der Waals surface area contributed by atoms with Crippen LogP contribution in [0.4, 0.5) is 10.1 Å². The Morgan fingerprint density at radius 1 is 1.17 bits per heavy atom. The molecule has 4 aromatic rings. The number of hydrogen-bond donors (Lipinski definition) is 0. The van der Waals surface area contributed by atoms with Crippen LogP contribution in [-0.2, 0) is 11.3 Å². The molecule has 0 N–H and O–H groups in total. The molecule has 1 aliphatic rings. The van der Waals surface area contributed by atoms with Gasteiger partial charge in [0, 0.05) is 42.3 Å². The van der Waals surface area contributed by atoms with E-state index in [0.29, 0.717) is 42.3 Å². The molecule has 1 unspecified atom stereocenters. The fraction of sp³-hybridized carbons (Fsp3) is 0.259. The molecule has 1 aliphatic heterocycles. The molecule has 184 valence electrons. The lowest BCUT2D eigenvalue weighted by molar-refractivity contribution is 0.122. The first-order valence-corrected chi connectivity index (χ1v) is 13.0. The van der Waals surface area contributed by atoms with Crippen molar-refractivity contribution in [1.82, 2.24) is 19.7 Å². The predicted molar refractivity (Wildman–Crippen MR) is 148 cm³/mol. The first kappa shape index (κ1) is 24.5. The summed E-state index contributed by atoms with van der Waals surface area (Å²) in [6.07, 6.45) is 3.11. The summed E-state index contributed by atoms with van der Waals surface area (Å²) in [5.41, 5.74) is 4.78. The number of halogens is 2. The SMILES string of the molecule is C=Cc1cc(F)c(-c2ncnc3cc(N4CCOCC4)ccc23)cc1C(I)c1ccc(=O)n(CC)n1. The number of aromatic nitrogens is 4. The summed E-state index contributed by atoms with van der Waals surface area (Å²) in [5, 5.41) is 5.27. The highest BCUT2D eigenvalue weighted by atomic mass is 127. The van der Waals surface area contributed by atoms with E-state index < -0.39 is 0 Å².